The van der Waals surface area contributed by atoms with Gasteiger partial charge in [0, 0.05) is 26.1 Å². The number of amides is 2. The molecular weight excluding hydrogens is 246 g/mol. The van der Waals surface area contributed by atoms with E-state index >= 15 is 0 Å². The Kier molecular flexibility index (Phi) is 4.13. The van der Waals surface area contributed by atoms with Crippen molar-refractivity contribution in [1.29, 1.82) is 0 Å². The van der Waals surface area contributed by atoms with Crippen molar-refractivity contribution in [2.45, 2.75) is 33.4 Å². The molecule has 0 unspecified atom stereocenters. The molecule has 0 saturated carbocycles. The second kappa shape index (κ2) is 5.81. The molecule has 1 aromatic rings. The average Bonchev–Trinajstić information content (AvgIpc) is 3.01. The number of hydrogen-bond acceptors (Lipinski definition) is 4. The Hall–Kier alpha value is -1.92. The molecular formula is C12H19N5O2. The number of rotatable bonds is 5. The van der Waals surface area contributed by atoms with Gasteiger partial charge in [0.15, 0.2) is 5.82 Å². The molecule has 19 heavy (non-hydrogen) atoms. The molecule has 0 aromatic carbocycles. The number of hydrogen-bond donors (Lipinski definition) is 1. The monoisotopic (exact) mass is 265 g/mol. The lowest BCUT2D eigenvalue weighted by molar-refractivity contribution is -0.128. The molecule has 0 aliphatic carbocycles. The van der Waals surface area contributed by atoms with E-state index < -0.39 is 0 Å². The molecule has 1 aromatic heterocycles. The van der Waals surface area contributed by atoms with Crippen LogP contribution in [0.2, 0.25) is 0 Å². The smallest absolute Gasteiger partial charge is 0.225 e. The van der Waals surface area contributed by atoms with Gasteiger partial charge in [0.1, 0.15) is 6.33 Å². The molecule has 1 fully saturated rings. The summed E-state index contributed by atoms with van der Waals surface area (Å²) < 4.78 is 1.87. The first-order valence-electron chi connectivity index (χ1n) is 6.57. The quantitative estimate of drug-likeness (QED) is 0.798. The highest BCUT2D eigenvalue weighted by atomic mass is 16.2. The van der Waals surface area contributed by atoms with Gasteiger partial charge in [-0.05, 0) is 13.8 Å². The highest BCUT2D eigenvalue weighted by Crippen LogP contribution is 2.17. The van der Waals surface area contributed by atoms with Gasteiger partial charge in [0.25, 0.3) is 0 Å². The first-order chi connectivity index (χ1) is 9.15. The maximum absolute atomic E-state index is 12.0. The molecule has 1 saturated heterocycles. The minimum atomic E-state index is -0.245. The third-order valence-corrected chi connectivity index (χ3v) is 3.42. The van der Waals surface area contributed by atoms with Crippen LogP contribution in [0.3, 0.4) is 0 Å². The Morgan fingerprint density at radius 2 is 2.26 bits per heavy atom. The fourth-order valence-corrected chi connectivity index (χ4v) is 2.24. The Balaban J connectivity index is 1.87. The van der Waals surface area contributed by atoms with Gasteiger partial charge in [0.2, 0.25) is 11.8 Å². The zero-order chi connectivity index (χ0) is 13.8. The lowest BCUT2D eigenvalue weighted by Crippen LogP contribution is -2.33. The number of aromatic nitrogens is 3. The SMILES string of the molecule is CCN1C[C@@H](C(=O)NCc2nncn2CC)CC1=O. The highest BCUT2D eigenvalue weighted by Gasteiger charge is 2.33. The van der Waals surface area contributed by atoms with E-state index in [9.17, 15) is 9.59 Å². The van der Waals surface area contributed by atoms with E-state index in [4.69, 9.17) is 0 Å². The standard InChI is InChI=1S/C12H19N5O2/c1-3-16-7-9(5-11(16)18)12(19)13-6-10-15-14-8-17(10)4-2/h8-9H,3-7H2,1-2H3,(H,13,19)/t9-/m0/s1. The van der Waals surface area contributed by atoms with Crippen LogP contribution in [0.15, 0.2) is 6.33 Å². The number of nitrogens with zero attached hydrogens (tertiary/aromatic N) is 4. The molecule has 2 heterocycles. The Bertz CT molecular complexity index is 470. The summed E-state index contributed by atoms with van der Waals surface area (Å²) in [4.78, 5) is 25.3. The van der Waals surface area contributed by atoms with Crippen LogP contribution in [0, 0.1) is 5.92 Å². The summed E-state index contributed by atoms with van der Waals surface area (Å²) in [5.41, 5.74) is 0. The third-order valence-electron chi connectivity index (χ3n) is 3.42. The predicted octanol–water partition coefficient (Wildman–Crippen LogP) is -0.217. The van der Waals surface area contributed by atoms with Crippen LogP contribution in [-0.2, 0) is 22.7 Å². The minimum Gasteiger partial charge on any atom is -0.348 e. The fraction of sp³-hybridized carbons (Fsp3) is 0.667. The largest absolute Gasteiger partial charge is 0.348 e. The first-order valence-corrected chi connectivity index (χ1v) is 6.57. The van der Waals surface area contributed by atoms with Crippen molar-refractivity contribution in [1.82, 2.24) is 25.0 Å². The molecule has 1 atom stereocenters. The summed E-state index contributed by atoms with van der Waals surface area (Å²) in [6.07, 6.45) is 1.94. The van der Waals surface area contributed by atoms with Crippen LogP contribution >= 0.6 is 0 Å². The van der Waals surface area contributed by atoms with Gasteiger partial charge < -0.3 is 14.8 Å². The molecule has 2 amide bonds. The molecule has 1 N–H and O–H groups in total. The Labute approximate surface area is 112 Å². The second-order valence-corrected chi connectivity index (χ2v) is 4.58. The maximum atomic E-state index is 12.0. The van der Waals surface area contributed by atoms with Gasteiger partial charge in [-0.15, -0.1) is 10.2 Å². The average molecular weight is 265 g/mol. The fourth-order valence-electron chi connectivity index (χ4n) is 2.24. The summed E-state index contributed by atoms with van der Waals surface area (Å²) in [7, 11) is 0. The van der Waals surface area contributed by atoms with E-state index in [0.29, 0.717) is 26.1 Å². The Morgan fingerprint density at radius 3 is 2.89 bits per heavy atom. The van der Waals surface area contributed by atoms with Crippen molar-refractivity contribution in [2.75, 3.05) is 13.1 Å². The molecule has 7 nitrogen and oxygen atoms in total. The molecule has 1 aliphatic rings. The molecule has 7 heteroatoms. The van der Waals surface area contributed by atoms with Gasteiger partial charge in [0.05, 0.1) is 12.5 Å². The van der Waals surface area contributed by atoms with Crippen molar-refractivity contribution in [2.24, 2.45) is 5.92 Å². The zero-order valence-electron chi connectivity index (χ0n) is 11.3. The van der Waals surface area contributed by atoms with Crippen molar-refractivity contribution in [3.8, 4) is 0 Å². The van der Waals surface area contributed by atoms with E-state index in [1.165, 1.54) is 0 Å². The third kappa shape index (κ3) is 2.91. The lowest BCUT2D eigenvalue weighted by atomic mass is 10.1. The van der Waals surface area contributed by atoms with Crippen LogP contribution in [0.1, 0.15) is 26.1 Å². The van der Waals surface area contributed by atoms with Crippen molar-refractivity contribution < 1.29 is 9.59 Å². The van der Waals surface area contributed by atoms with Gasteiger partial charge >= 0.3 is 0 Å². The normalized spacial score (nSPS) is 18.9. The number of aryl methyl sites for hydroxylation is 1. The summed E-state index contributed by atoms with van der Waals surface area (Å²) in [5.74, 6) is 0.451. The lowest BCUT2D eigenvalue weighted by Gasteiger charge is -2.13. The van der Waals surface area contributed by atoms with Gasteiger partial charge in [-0.1, -0.05) is 0 Å². The van der Waals surface area contributed by atoms with Crippen LogP contribution in [0.4, 0.5) is 0 Å². The second-order valence-electron chi connectivity index (χ2n) is 4.58. The van der Waals surface area contributed by atoms with E-state index in [1.54, 1.807) is 11.2 Å². The maximum Gasteiger partial charge on any atom is 0.225 e. The van der Waals surface area contributed by atoms with Crippen LogP contribution in [0.25, 0.3) is 0 Å². The number of carbonyl (C=O) groups excluding carboxylic acids is 2. The van der Waals surface area contributed by atoms with Crippen LogP contribution in [0.5, 0.6) is 0 Å². The molecule has 2 rings (SSSR count). The summed E-state index contributed by atoms with van der Waals surface area (Å²) >= 11 is 0. The molecule has 0 bridgehead atoms. The number of likely N-dealkylation sites (tertiary alicyclic amines) is 1. The van der Waals surface area contributed by atoms with E-state index in [1.807, 2.05) is 18.4 Å². The van der Waals surface area contributed by atoms with Gasteiger partial charge in [-0.2, -0.15) is 0 Å². The molecule has 104 valence electrons. The summed E-state index contributed by atoms with van der Waals surface area (Å²) in [5, 5.41) is 10.6. The first kappa shape index (κ1) is 13.5. The summed E-state index contributed by atoms with van der Waals surface area (Å²) in [6, 6.07) is 0. The van der Waals surface area contributed by atoms with Gasteiger partial charge in [-0.3, -0.25) is 9.59 Å². The van der Waals surface area contributed by atoms with Crippen LogP contribution in [-0.4, -0.2) is 44.6 Å². The van der Waals surface area contributed by atoms with E-state index in [2.05, 4.69) is 15.5 Å². The number of nitrogens with one attached hydrogen (secondary N) is 1. The number of carbonyl (C=O) groups is 2. The van der Waals surface area contributed by atoms with E-state index in [-0.39, 0.29) is 17.7 Å². The van der Waals surface area contributed by atoms with Crippen molar-refractivity contribution in [3.05, 3.63) is 12.2 Å². The van der Waals surface area contributed by atoms with Gasteiger partial charge in [-0.25, -0.2) is 0 Å². The van der Waals surface area contributed by atoms with Crippen molar-refractivity contribution >= 4 is 11.8 Å². The molecule has 0 radical (unpaired) electrons. The highest BCUT2D eigenvalue weighted by molar-refractivity contribution is 5.89. The topological polar surface area (TPSA) is 80.1 Å². The van der Waals surface area contributed by atoms with Crippen molar-refractivity contribution in [3.63, 3.8) is 0 Å². The molecule has 0 spiro atoms. The van der Waals surface area contributed by atoms with E-state index in [0.717, 1.165) is 12.4 Å². The Morgan fingerprint density at radius 1 is 1.47 bits per heavy atom. The zero-order valence-corrected chi connectivity index (χ0v) is 11.3. The summed E-state index contributed by atoms with van der Waals surface area (Å²) in [6.45, 7) is 6.20. The van der Waals surface area contributed by atoms with Crippen LogP contribution < -0.4 is 5.32 Å². The minimum absolute atomic E-state index is 0.0550. The predicted molar refractivity (Wildman–Crippen MR) is 67.9 cm³/mol. The molecule has 1 aliphatic heterocycles.